The third-order valence-corrected chi connectivity index (χ3v) is 4.59. The molecule has 0 radical (unpaired) electrons. The van der Waals surface area contributed by atoms with Crippen LogP contribution in [0.3, 0.4) is 0 Å². The Bertz CT molecular complexity index is 1060. The van der Waals surface area contributed by atoms with Gasteiger partial charge in [-0.3, -0.25) is 9.97 Å². The summed E-state index contributed by atoms with van der Waals surface area (Å²) in [6, 6.07) is 21.3. The molecule has 0 unspecified atom stereocenters. The van der Waals surface area contributed by atoms with E-state index in [-0.39, 0.29) is 5.95 Å². The molecule has 0 fully saturated rings. The van der Waals surface area contributed by atoms with Crippen LogP contribution in [0.2, 0.25) is 0 Å². The van der Waals surface area contributed by atoms with E-state index in [1.165, 1.54) is 0 Å². The second kappa shape index (κ2) is 9.00. The molecule has 0 atom stereocenters. The van der Waals surface area contributed by atoms with Gasteiger partial charge in [0.2, 0.25) is 5.95 Å². The van der Waals surface area contributed by atoms with Crippen molar-refractivity contribution in [3.63, 3.8) is 0 Å². The van der Waals surface area contributed by atoms with Gasteiger partial charge in [0.15, 0.2) is 0 Å². The van der Waals surface area contributed by atoms with E-state index < -0.39 is 0 Å². The fourth-order valence-corrected chi connectivity index (χ4v) is 3.20. The van der Waals surface area contributed by atoms with Gasteiger partial charge in [-0.25, -0.2) is 4.98 Å². The number of nitrogen functional groups attached to an aromatic ring is 1. The third-order valence-electron chi connectivity index (χ3n) is 4.59. The van der Waals surface area contributed by atoms with Gasteiger partial charge in [-0.1, -0.05) is 24.3 Å². The lowest BCUT2D eigenvalue weighted by atomic mass is 10.1. The number of anilines is 2. The Kier molecular flexibility index (Phi) is 5.80. The van der Waals surface area contributed by atoms with Crippen LogP contribution in [0.1, 0.15) is 11.4 Å². The van der Waals surface area contributed by atoms with Crippen molar-refractivity contribution in [1.29, 1.82) is 0 Å². The average Bonchev–Trinajstić information content (AvgIpc) is 2.79. The smallest absolute Gasteiger partial charge is 0.222 e. The topological polar surface area (TPSA) is 90.0 Å². The first-order valence-corrected chi connectivity index (χ1v) is 9.55. The lowest BCUT2D eigenvalue weighted by Gasteiger charge is -2.24. The van der Waals surface area contributed by atoms with E-state index in [2.05, 4.69) is 24.8 Å². The molecular formula is C23H22N6O. The number of nitrogens with two attached hydrogens (primary N) is 1. The minimum absolute atomic E-state index is 0.195. The van der Waals surface area contributed by atoms with Crippen LogP contribution in [0.5, 0.6) is 5.75 Å². The molecule has 7 nitrogen and oxygen atoms in total. The van der Waals surface area contributed by atoms with Crippen molar-refractivity contribution in [2.75, 3.05) is 17.7 Å². The number of rotatable bonds is 7. The van der Waals surface area contributed by atoms with Gasteiger partial charge < -0.3 is 15.4 Å². The minimum atomic E-state index is 0.195. The maximum atomic E-state index is 6.09. The maximum Gasteiger partial charge on any atom is 0.222 e. The van der Waals surface area contributed by atoms with Gasteiger partial charge in [0.05, 0.1) is 37.3 Å². The zero-order chi connectivity index (χ0) is 20.8. The van der Waals surface area contributed by atoms with Gasteiger partial charge in [0.1, 0.15) is 11.6 Å². The molecule has 0 saturated heterocycles. The van der Waals surface area contributed by atoms with Crippen molar-refractivity contribution in [1.82, 2.24) is 19.9 Å². The van der Waals surface area contributed by atoms with E-state index in [0.717, 1.165) is 22.7 Å². The molecule has 1 aromatic carbocycles. The summed E-state index contributed by atoms with van der Waals surface area (Å²) in [5.41, 5.74) is 9.48. The van der Waals surface area contributed by atoms with Gasteiger partial charge >= 0.3 is 0 Å². The third kappa shape index (κ3) is 4.52. The van der Waals surface area contributed by atoms with Crippen molar-refractivity contribution in [2.24, 2.45) is 0 Å². The Hall–Kier alpha value is -4.00. The Morgan fingerprint density at radius 3 is 2.07 bits per heavy atom. The molecule has 0 spiro atoms. The Labute approximate surface area is 175 Å². The highest BCUT2D eigenvalue weighted by molar-refractivity contribution is 5.70. The number of para-hydroxylation sites is 1. The fourth-order valence-electron chi connectivity index (χ4n) is 3.20. The average molecular weight is 398 g/mol. The van der Waals surface area contributed by atoms with Crippen molar-refractivity contribution in [3.8, 4) is 17.0 Å². The summed E-state index contributed by atoms with van der Waals surface area (Å²) in [5, 5.41) is 0. The quantitative estimate of drug-likeness (QED) is 0.507. The molecule has 0 amide bonds. The minimum Gasteiger partial charge on any atom is -0.496 e. The summed E-state index contributed by atoms with van der Waals surface area (Å²) < 4.78 is 5.50. The van der Waals surface area contributed by atoms with Crippen LogP contribution in [0.4, 0.5) is 11.8 Å². The van der Waals surface area contributed by atoms with E-state index in [4.69, 9.17) is 10.5 Å². The molecule has 0 aliphatic carbocycles. The largest absolute Gasteiger partial charge is 0.496 e. The zero-order valence-corrected chi connectivity index (χ0v) is 16.6. The molecule has 4 aromatic rings. The first kappa shape index (κ1) is 19.3. The Morgan fingerprint density at radius 1 is 0.833 bits per heavy atom. The molecular weight excluding hydrogens is 376 g/mol. The molecule has 0 aliphatic rings. The molecule has 150 valence electrons. The van der Waals surface area contributed by atoms with E-state index in [9.17, 15) is 0 Å². The lowest BCUT2D eigenvalue weighted by Crippen LogP contribution is -2.24. The summed E-state index contributed by atoms with van der Waals surface area (Å²) in [6.07, 6.45) is 3.56. The zero-order valence-electron chi connectivity index (χ0n) is 16.6. The fraction of sp³-hybridized carbons (Fsp3) is 0.130. The van der Waals surface area contributed by atoms with Crippen LogP contribution in [0.25, 0.3) is 11.3 Å². The lowest BCUT2D eigenvalue weighted by molar-refractivity contribution is 0.416. The Morgan fingerprint density at radius 2 is 1.47 bits per heavy atom. The van der Waals surface area contributed by atoms with Gasteiger partial charge in [-0.05, 0) is 36.4 Å². The highest BCUT2D eigenvalue weighted by Gasteiger charge is 2.16. The molecule has 0 saturated carbocycles. The molecule has 0 bridgehead atoms. The number of hydrogen-bond donors (Lipinski definition) is 1. The highest BCUT2D eigenvalue weighted by atomic mass is 16.5. The van der Waals surface area contributed by atoms with Gasteiger partial charge in [0.25, 0.3) is 0 Å². The number of methoxy groups -OCH3 is 1. The first-order valence-electron chi connectivity index (χ1n) is 9.55. The number of pyridine rings is 2. The SMILES string of the molecule is COc1ccccc1-c1cc(N(Cc2ccccn2)Cc2ccccn2)nc(N)n1. The first-order chi connectivity index (χ1) is 14.7. The van der Waals surface area contributed by atoms with E-state index >= 15 is 0 Å². The van der Waals surface area contributed by atoms with Gasteiger partial charge in [-0.15, -0.1) is 0 Å². The van der Waals surface area contributed by atoms with Crippen LogP contribution in [0, 0.1) is 0 Å². The van der Waals surface area contributed by atoms with E-state index in [0.29, 0.717) is 24.6 Å². The molecule has 3 aromatic heterocycles. The summed E-state index contributed by atoms with van der Waals surface area (Å²) in [6.45, 7) is 1.11. The molecule has 30 heavy (non-hydrogen) atoms. The maximum absolute atomic E-state index is 6.09. The standard InChI is InChI=1S/C23H22N6O/c1-30-21-11-3-2-10-19(21)20-14-22(28-23(24)27-20)29(15-17-8-4-6-12-25-17)16-18-9-5-7-13-26-18/h2-14H,15-16H2,1H3,(H2,24,27,28). The number of ether oxygens (including phenoxy) is 1. The van der Waals surface area contributed by atoms with Crippen molar-refractivity contribution in [3.05, 3.63) is 90.5 Å². The van der Waals surface area contributed by atoms with Gasteiger partial charge in [0, 0.05) is 24.0 Å². The normalized spacial score (nSPS) is 10.6. The predicted octanol–water partition coefficient (Wildman–Crippen LogP) is 3.73. The number of hydrogen-bond acceptors (Lipinski definition) is 7. The van der Waals surface area contributed by atoms with Crippen molar-refractivity contribution < 1.29 is 4.74 Å². The summed E-state index contributed by atoms with van der Waals surface area (Å²) in [4.78, 5) is 19.9. The second-order valence-electron chi connectivity index (χ2n) is 6.67. The highest BCUT2D eigenvalue weighted by Crippen LogP contribution is 2.31. The van der Waals surface area contributed by atoms with Crippen molar-refractivity contribution >= 4 is 11.8 Å². The number of nitrogens with zero attached hydrogens (tertiary/aromatic N) is 5. The summed E-state index contributed by atoms with van der Waals surface area (Å²) >= 11 is 0. The van der Waals surface area contributed by atoms with Crippen LogP contribution in [0.15, 0.2) is 79.1 Å². The van der Waals surface area contributed by atoms with Crippen LogP contribution in [-0.2, 0) is 13.1 Å². The molecule has 2 N–H and O–H groups in total. The predicted molar refractivity (Wildman–Crippen MR) is 117 cm³/mol. The molecule has 4 rings (SSSR count). The van der Waals surface area contributed by atoms with E-state index in [1.807, 2.05) is 66.7 Å². The monoisotopic (exact) mass is 398 g/mol. The van der Waals surface area contributed by atoms with Crippen LogP contribution in [-0.4, -0.2) is 27.0 Å². The summed E-state index contributed by atoms with van der Waals surface area (Å²) in [7, 11) is 1.64. The van der Waals surface area contributed by atoms with Crippen LogP contribution < -0.4 is 15.4 Å². The number of aromatic nitrogens is 4. The Balaban J connectivity index is 1.75. The van der Waals surface area contributed by atoms with E-state index in [1.54, 1.807) is 19.5 Å². The van der Waals surface area contributed by atoms with Gasteiger partial charge in [-0.2, -0.15) is 4.98 Å². The summed E-state index contributed by atoms with van der Waals surface area (Å²) in [5.74, 6) is 1.61. The molecule has 7 heteroatoms. The van der Waals surface area contributed by atoms with Crippen molar-refractivity contribution in [2.45, 2.75) is 13.1 Å². The van der Waals surface area contributed by atoms with Crippen LogP contribution >= 0.6 is 0 Å². The second-order valence-corrected chi connectivity index (χ2v) is 6.67. The molecule has 0 aliphatic heterocycles. The molecule has 3 heterocycles. The number of benzene rings is 1.